The van der Waals surface area contributed by atoms with E-state index < -0.39 is 38.5 Å². The fourth-order valence-corrected chi connectivity index (χ4v) is 2.69. The summed E-state index contributed by atoms with van der Waals surface area (Å²) in [6.07, 6.45) is -2.89. The van der Waals surface area contributed by atoms with E-state index in [1.807, 2.05) is 0 Å². The fraction of sp³-hybridized carbons (Fsp3) is 0.333. The van der Waals surface area contributed by atoms with Crippen molar-refractivity contribution in [1.29, 1.82) is 0 Å². The number of halogens is 2. The maximum absolute atomic E-state index is 12.2. The second-order valence-corrected chi connectivity index (χ2v) is 5.67. The molecule has 0 aromatic heterocycles. The SMILES string of the molecule is CN(CC(F)F)S(=O)(=O)c1cc(N)ccc1[N+](=O)[O-]. The molecule has 0 aliphatic rings. The maximum atomic E-state index is 12.2. The van der Waals surface area contributed by atoms with E-state index in [9.17, 15) is 27.3 Å². The number of hydrogen-bond donors (Lipinski definition) is 1. The van der Waals surface area contributed by atoms with Gasteiger partial charge < -0.3 is 5.73 Å². The van der Waals surface area contributed by atoms with Crippen LogP contribution in [0, 0.1) is 10.1 Å². The average Bonchev–Trinajstić information content (AvgIpc) is 2.27. The highest BCUT2D eigenvalue weighted by atomic mass is 32.2. The average molecular weight is 295 g/mol. The number of benzene rings is 1. The molecule has 0 bridgehead atoms. The summed E-state index contributed by atoms with van der Waals surface area (Å²) >= 11 is 0. The number of alkyl halides is 2. The molecule has 0 unspecified atom stereocenters. The van der Waals surface area contributed by atoms with Crippen LogP contribution in [0.3, 0.4) is 0 Å². The van der Waals surface area contributed by atoms with Crippen molar-refractivity contribution in [3.05, 3.63) is 28.3 Å². The Morgan fingerprint density at radius 2 is 2.05 bits per heavy atom. The van der Waals surface area contributed by atoms with Crippen molar-refractivity contribution in [2.45, 2.75) is 11.3 Å². The molecule has 0 amide bonds. The van der Waals surface area contributed by atoms with Crippen LogP contribution in [-0.4, -0.2) is 37.7 Å². The summed E-state index contributed by atoms with van der Waals surface area (Å²) in [7, 11) is -3.49. The smallest absolute Gasteiger partial charge is 0.289 e. The minimum absolute atomic E-state index is 0.0189. The third kappa shape index (κ3) is 3.35. The Bertz CT molecular complexity index is 591. The molecule has 1 aromatic carbocycles. The van der Waals surface area contributed by atoms with Crippen LogP contribution in [0.4, 0.5) is 20.2 Å². The van der Waals surface area contributed by atoms with E-state index in [1.54, 1.807) is 0 Å². The molecule has 0 saturated heterocycles. The number of nitrogen functional groups attached to an aromatic ring is 1. The zero-order valence-electron chi connectivity index (χ0n) is 9.79. The monoisotopic (exact) mass is 295 g/mol. The zero-order chi connectivity index (χ0) is 14.8. The Hall–Kier alpha value is -1.81. The Balaban J connectivity index is 3.35. The lowest BCUT2D eigenvalue weighted by atomic mass is 10.3. The van der Waals surface area contributed by atoms with Gasteiger partial charge in [0.15, 0.2) is 4.90 Å². The minimum atomic E-state index is -4.40. The quantitative estimate of drug-likeness (QED) is 0.496. The van der Waals surface area contributed by atoms with Gasteiger partial charge in [-0.2, -0.15) is 4.31 Å². The van der Waals surface area contributed by atoms with Crippen molar-refractivity contribution in [3.63, 3.8) is 0 Å². The van der Waals surface area contributed by atoms with Gasteiger partial charge in [0.1, 0.15) is 0 Å². The summed E-state index contributed by atoms with van der Waals surface area (Å²) in [4.78, 5) is 9.14. The van der Waals surface area contributed by atoms with Gasteiger partial charge in [0.05, 0.1) is 11.5 Å². The molecule has 0 aliphatic carbocycles. The molecule has 0 atom stereocenters. The van der Waals surface area contributed by atoms with Crippen molar-refractivity contribution >= 4 is 21.4 Å². The molecule has 1 aromatic rings. The molecule has 7 nitrogen and oxygen atoms in total. The van der Waals surface area contributed by atoms with E-state index in [2.05, 4.69) is 0 Å². The molecule has 0 aliphatic heterocycles. The van der Waals surface area contributed by atoms with Gasteiger partial charge in [-0.15, -0.1) is 0 Å². The van der Waals surface area contributed by atoms with Crippen LogP contribution in [0.2, 0.25) is 0 Å². The van der Waals surface area contributed by atoms with Gasteiger partial charge in [-0.1, -0.05) is 0 Å². The summed E-state index contributed by atoms with van der Waals surface area (Å²) in [5, 5.41) is 10.8. The molecule has 1 rings (SSSR count). The fourth-order valence-electron chi connectivity index (χ4n) is 1.35. The first kappa shape index (κ1) is 15.2. The molecule has 0 heterocycles. The maximum Gasteiger partial charge on any atom is 0.289 e. The van der Waals surface area contributed by atoms with Gasteiger partial charge in [0.25, 0.3) is 12.1 Å². The molecule has 10 heteroatoms. The third-order valence-corrected chi connectivity index (χ3v) is 4.12. The first-order valence-electron chi connectivity index (χ1n) is 4.94. The number of anilines is 1. The van der Waals surface area contributed by atoms with E-state index >= 15 is 0 Å². The molecule has 0 radical (unpaired) electrons. The Labute approximate surface area is 107 Å². The van der Waals surface area contributed by atoms with Crippen LogP contribution in [0.25, 0.3) is 0 Å². The summed E-state index contributed by atoms with van der Waals surface area (Å²) < 4.78 is 48.7. The van der Waals surface area contributed by atoms with Gasteiger partial charge in [-0.25, -0.2) is 17.2 Å². The van der Waals surface area contributed by atoms with Crippen molar-refractivity contribution in [1.82, 2.24) is 4.31 Å². The number of rotatable bonds is 5. The Morgan fingerprint density at radius 3 is 2.53 bits per heavy atom. The largest absolute Gasteiger partial charge is 0.399 e. The number of sulfonamides is 1. The highest BCUT2D eigenvalue weighted by Crippen LogP contribution is 2.28. The number of nitrogens with zero attached hydrogens (tertiary/aromatic N) is 2. The highest BCUT2D eigenvalue weighted by Gasteiger charge is 2.31. The van der Waals surface area contributed by atoms with Crippen LogP contribution in [0.1, 0.15) is 0 Å². The lowest BCUT2D eigenvalue weighted by Gasteiger charge is -2.16. The predicted octanol–water partition coefficient (Wildman–Crippen LogP) is 1.06. The van der Waals surface area contributed by atoms with E-state index in [-0.39, 0.29) is 5.69 Å². The molecule has 106 valence electrons. The second kappa shape index (κ2) is 5.45. The topological polar surface area (TPSA) is 107 Å². The van der Waals surface area contributed by atoms with Crippen LogP contribution in [0.5, 0.6) is 0 Å². The standard InChI is InChI=1S/C9H11F2N3O4S/c1-13(5-9(10)11)19(17,18)8-4-6(12)2-3-7(8)14(15)16/h2-4,9H,5,12H2,1H3. The molecule has 0 saturated carbocycles. The van der Waals surface area contributed by atoms with Gasteiger partial charge in [0, 0.05) is 18.8 Å². The van der Waals surface area contributed by atoms with E-state index in [0.717, 1.165) is 25.2 Å². The predicted molar refractivity (Wildman–Crippen MR) is 63.3 cm³/mol. The Morgan fingerprint density at radius 1 is 1.47 bits per heavy atom. The molecule has 0 spiro atoms. The van der Waals surface area contributed by atoms with Crippen LogP contribution in [0.15, 0.2) is 23.1 Å². The second-order valence-electron chi connectivity index (χ2n) is 3.66. The first-order chi connectivity index (χ1) is 8.66. The molecule has 19 heavy (non-hydrogen) atoms. The lowest BCUT2D eigenvalue weighted by molar-refractivity contribution is -0.387. The zero-order valence-corrected chi connectivity index (χ0v) is 10.6. The van der Waals surface area contributed by atoms with Crippen molar-refractivity contribution in [2.75, 3.05) is 19.3 Å². The van der Waals surface area contributed by atoms with Crippen LogP contribution < -0.4 is 5.73 Å². The van der Waals surface area contributed by atoms with Crippen LogP contribution >= 0.6 is 0 Å². The number of nitro benzene ring substituents is 1. The normalized spacial score (nSPS) is 12.1. The Kier molecular flexibility index (Phi) is 4.37. The molecule has 0 fully saturated rings. The van der Waals surface area contributed by atoms with Crippen molar-refractivity contribution < 1.29 is 22.1 Å². The van der Waals surface area contributed by atoms with E-state index in [4.69, 9.17) is 5.73 Å². The summed E-state index contributed by atoms with van der Waals surface area (Å²) in [5.41, 5.74) is 4.64. The minimum Gasteiger partial charge on any atom is -0.399 e. The van der Waals surface area contributed by atoms with Crippen LogP contribution in [-0.2, 0) is 10.0 Å². The van der Waals surface area contributed by atoms with E-state index in [1.165, 1.54) is 0 Å². The van der Waals surface area contributed by atoms with Gasteiger partial charge in [0.2, 0.25) is 10.0 Å². The van der Waals surface area contributed by atoms with Crippen molar-refractivity contribution in [3.8, 4) is 0 Å². The third-order valence-electron chi connectivity index (χ3n) is 2.26. The first-order valence-corrected chi connectivity index (χ1v) is 6.38. The number of nitro groups is 1. The van der Waals surface area contributed by atoms with E-state index in [0.29, 0.717) is 4.31 Å². The molecule has 2 N–H and O–H groups in total. The molecular weight excluding hydrogens is 284 g/mol. The van der Waals surface area contributed by atoms with Crippen molar-refractivity contribution in [2.24, 2.45) is 0 Å². The molecular formula is C9H11F2N3O4S. The summed E-state index contributed by atoms with van der Waals surface area (Å²) in [5.74, 6) is 0. The number of hydrogen-bond acceptors (Lipinski definition) is 5. The van der Waals surface area contributed by atoms with Gasteiger partial charge in [-0.3, -0.25) is 10.1 Å². The van der Waals surface area contributed by atoms with Gasteiger partial charge in [-0.05, 0) is 12.1 Å². The lowest BCUT2D eigenvalue weighted by Crippen LogP contribution is -2.31. The summed E-state index contributed by atoms with van der Waals surface area (Å²) in [6, 6.07) is 2.94. The summed E-state index contributed by atoms with van der Waals surface area (Å²) in [6.45, 7) is -1.06. The van der Waals surface area contributed by atoms with Gasteiger partial charge >= 0.3 is 0 Å². The number of nitrogens with two attached hydrogens (primary N) is 1. The highest BCUT2D eigenvalue weighted by molar-refractivity contribution is 7.89.